The Balaban J connectivity index is 2.25. The number of anilines is 1. The number of hydrogen-bond acceptors (Lipinski definition) is 6. The lowest BCUT2D eigenvalue weighted by molar-refractivity contribution is 0.0933. The van der Waals surface area contributed by atoms with Crippen LogP contribution in [0.5, 0.6) is 23.0 Å². The number of halogens is 5. The van der Waals surface area contributed by atoms with Gasteiger partial charge in [0.25, 0.3) is 5.91 Å². The van der Waals surface area contributed by atoms with E-state index in [1.807, 2.05) is 0 Å². The minimum atomic E-state index is -1.96. The molecular weight excluding hydrogens is 660 g/mol. The number of benzene rings is 2. The second-order valence-electron chi connectivity index (χ2n) is 6.43. The first kappa shape index (κ1) is 28.9. The van der Waals surface area contributed by atoms with E-state index in [2.05, 4.69) is 47.8 Å². The van der Waals surface area contributed by atoms with Gasteiger partial charge in [0, 0.05) is 14.5 Å². The van der Waals surface area contributed by atoms with Gasteiger partial charge in [-0.2, -0.15) is 0 Å². The zero-order chi connectivity index (χ0) is 25.6. The van der Waals surface area contributed by atoms with Gasteiger partial charge in [-0.15, -0.1) is 0 Å². The first-order valence-electron chi connectivity index (χ1n) is 9.23. The first-order valence-corrected chi connectivity index (χ1v) is 12.4. The third-order valence-corrected chi connectivity index (χ3v) is 6.42. The number of carbonyl (C=O) groups is 1. The van der Waals surface area contributed by atoms with Gasteiger partial charge < -0.3 is 34.9 Å². The lowest BCUT2D eigenvalue weighted by atomic mass is 10.1. The fourth-order valence-corrected chi connectivity index (χ4v) is 4.58. The van der Waals surface area contributed by atoms with Crippen LogP contribution in [0.4, 0.5) is 5.69 Å². The van der Waals surface area contributed by atoms with Gasteiger partial charge in [-0.1, -0.05) is 34.8 Å². The average molecular weight is 681 g/mol. The van der Waals surface area contributed by atoms with Crippen molar-refractivity contribution in [3.63, 3.8) is 0 Å². The molecule has 186 valence electrons. The molecule has 2 aromatic rings. The van der Waals surface area contributed by atoms with Gasteiger partial charge in [-0.3, -0.25) is 4.79 Å². The van der Waals surface area contributed by atoms with E-state index in [1.54, 1.807) is 19.2 Å². The highest BCUT2D eigenvalue weighted by Gasteiger charge is 2.35. The van der Waals surface area contributed by atoms with Crippen LogP contribution >= 0.6 is 78.9 Å². The van der Waals surface area contributed by atoms with Crippen molar-refractivity contribution >= 4 is 95.6 Å². The monoisotopic (exact) mass is 677 g/mol. The van der Waals surface area contributed by atoms with Crippen LogP contribution in [0.1, 0.15) is 10.4 Å². The maximum atomic E-state index is 13.0. The summed E-state index contributed by atoms with van der Waals surface area (Å²) in [5, 5.41) is 8.47. The number of rotatable bonds is 8. The number of alkyl halides is 3. The molecule has 2 aromatic carbocycles. The minimum Gasteiger partial charge on any atom is -0.497 e. The fourth-order valence-electron chi connectivity index (χ4n) is 2.69. The number of methoxy groups -OCH3 is 4. The number of nitrogens with one attached hydrogen (secondary N) is 3. The van der Waals surface area contributed by atoms with Crippen LogP contribution < -0.4 is 34.9 Å². The second-order valence-corrected chi connectivity index (χ2v) is 10.9. The van der Waals surface area contributed by atoms with Gasteiger partial charge in [0.05, 0.1) is 34.1 Å². The Morgan fingerprint density at radius 3 is 1.85 bits per heavy atom. The Bertz CT molecular complexity index is 1020. The Morgan fingerprint density at radius 1 is 0.912 bits per heavy atom. The molecule has 0 heterocycles. The van der Waals surface area contributed by atoms with Crippen molar-refractivity contribution in [2.45, 2.75) is 9.96 Å². The maximum absolute atomic E-state index is 13.0. The number of ether oxygens (including phenoxy) is 4. The first-order chi connectivity index (χ1) is 15.9. The summed E-state index contributed by atoms with van der Waals surface area (Å²) in [6.07, 6.45) is -1.21. The van der Waals surface area contributed by atoms with Crippen molar-refractivity contribution in [3.05, 3.63) is 38.8 Å². The van der Waals surface area contributed by atoms with Gasteiger partial charge in [0.1, 0.15) is 11.9 Å². The second kappa shape index (κ2) is 12.5. The predicted octanol–water partition coefficient (Wildman–Crippen LogP) is 5.66. The van der Waals surface area contributed by atoms with Gasteiger partial charge in [-0.05, 0) is 68.3 Å². The summed E-state index contributed by atoms with van der Waals surface area (Å²) < 4.78 is 20.4. The van der Waals surface area contributed by atoms with Crippen LogP contribution in [-0.2, 0) is 0 Å². The third-order valence-electron chi connectivity index (χ3n) is 4.29. The molecule has 1 atom stereocenters. The molecule has 0 saturated carbocycles. The summed E-state index contributed by atoms with van der Waals surface area (Å²) in [7, 11) is 5.88. The smallest absolute Gasteiger partial charge is 0.253 e. The SMILES string of the molecule is COc1cc(Br)c(NC(=S)NC(NC(=O)c2cc(OC)c(OC)c(OC)c2)C(Cl)(Cl)Cl)c(Br)c1. The van der Waals surface area contributed by atoms with Crippen molar-refractivity contribution in [1.82, 2.24) is 10.6 Å². The third kappa shape index (κ3) is 7.32. The summed E-state index contributed by atoms with van der Waals surface area (Å²) in [4.78, 5) is 13.0. The minimum absolute atomic E-state index is 0.0769. The molecule has 0 aliphatic heterocycles. The molecule has 0 aliphatic carbocycles. The lowest BCUT2D eigenvalue weighted by Crippen LogP contribution is -2.56. The van der Waals surface area contributed by atoms with Crippen molar-refractivity contribution in [3.8, 4) is 23.0 Å². The highest BCUT2D eigenvalue weighted by molar-refractivity contribution is 9.11. The molecule has 0 spiro atoms. The quantitative estimate of drug-likeness (QED) is 0.187. The molecule has 0 saturated heterocycles. The standard InChI is InChI=1S/C20H20Br2Cl3N3O5S/c1-30-10-7-11(21)15(12(22)8-10)26-19(34)28-18(20(23,24)25)27-17(29)9-5-13(31-2)16(33-4)14(6-9)32-3/h5-8,18H,1-4H3,(H,27,29)(H2,26,28,34). The lowest BCUT2D eigenvalue weighted by Gasteiger charge is -2.28. The number of carbonyl (C=O) groups excluding carboxylic acids is 1. The summed E-state index contributed by atoms with van der Waals surface area (Å²) >= 11 is 30.6. The molecule has 8 nitrogen and oxygen atoms in total. The Kier molecular flexibility index (Phi) is 10.7. The van der Waals surface area contributed by atoms with Crippen LogP contribution in [0.15, 0.2) is 33.2 Å². The fraction of sp³-hybridized carbons (Fsp3) is 0.300. The van der Waals surface area contributed by atoms with Gasteiger partial charge in [0.15, 0.2) is 16.6 Å². The van der Waals surface area contributed by atoms with E-state index >= 15 is 0 Å². The molecule has 0 fully saturated rings. The van der Waals surface area contributed by atoms with Crippen LogP contribution in [0, 0.1) is 0 Å². The Hall–Kier alpha value is -1.37. The molecule has 1 unspecified atom stereocenters. The highest BCUT2D eigenvalue weighted by Crippen LogP contribution is 2.39. The van der Waals surface area contributed by atoms with E-state index in [1.165, 1.54) is 33.5 Å². The van der Waals surface area contributed by atoms with E-state index in [0.29, 0.717) is 26.1 Å². The summed E-state index contributed by atoms with van der Waals surface area (Å²) in [5.41, 5.74) is 0.771. The van der Waals surface area contributed by atoms with Crippen molar-refractivity contribution < 1.29 is 23.7 Å². The normalized spacial score (nSPS) is 11.8. The molecule has 0 bridgehead atoms. The highest BCUT2D eigenvalue weighted by atomic mass is 79.9. The predicted molar refractivity (Wildman–Crippen MR) is 145 cm³/mol. The zero-order valence-electron chi connectivity index (χ0n) is 18.2. The summed E-state index contributed by atoms with van der Waals surface area (Å²) in [6, 6.07) is 6.42. The molecular formula is C20H20Br2Cl3N3O5S. The average Bonchev–Trinajstić information content (AvgIpc) is 2.78. The summed E-state index contributed by atoms with van der Waals surface area (Å²) in [5.74, 6) is 0.949. The van der Waals surface area contributed by atoms with Crippen LogP contribution in [0.2, 0.25) is 0 Å². The molecule has 0 aromatic heterocycles. The molecule has 14 heteroatoms. The van der Waals surface area contributed by atoms with Crippen LogP contribution in [0.3, 0.4) is 0 Å². The topological polar surface area (TPSA) is 90.1 Å². The Labute approximate surface area is 234 Å². The van der Waals surface area contributed by atoms with E-state index < -0.39 is 15.9 Å². The van der Waals surface area contributed by atoms with Gasteiger partial charge in [-0.25, -0.2) is 0 Å². The van der Waals surface area contributed by atoms with Crippen molar-refractivity contribution in [2.75, 3.05) is 33.8 Å². The molecule has 34 heavy (non-hydrogen) atoms. The maximum Gasteiger partial charge on any atom is 0.253 e. The Morgan fingerprint density at radius 2 is 1.44 bits per heavy atom. The molecule has 2 rings (SSSR count). The van der Waals surface area contributed by atoms with Gasteiger partial charge >= 0.3 is 0 Å². The van der Waals surface area contributed by atoms with Crippen LogP contribution in [-0.4, -0.2) is 49.4 Å². The molecule has 0 aliphatic rings. The number of thiocarbonyl (C=S) groups is 1. The van der Waals surface area contributed by atoms with Crippen molar-refractivity contribution in [2.24, 2.45) is 0 Å². The molecule has 3 N–H and O–H groups in total. The molecule has 1 amide bonds. The zero-order valence-corrected chi connectivity index (χ0v) is 24.5. The largest absolute Gasteiger partial charge is 0.497 e. The van der Waals surface area contributed by atoms with Crippen molar-refractivity contribution in [1.29, 1.82) is 0 Å². The summed E-state index contributed by atoms with van der Waals surface area (Å²) in [6.45, 7) is 0. The van der Waals surface area contributed by atoms with Crippen LogP contribution in [0.25, 0.3) is 0 Å². The number of amides is 1. The van der Waals surface area contributed by atoms with E-state index in [9.17, 15) is 4.79 Å². The van der Waals surface area contributed by atoms with E-state index in [0.717, 1.165) is 0 Å². The number of hydrogen-bond donors (Lipinski definition) is 3. The van der Waals surface area contributed by atoms with E-state index in [4.69, 9.17) is 66.0 Å². The van der Waals surface area contributed by atoms with E-state index in [-0.39, 0.29) is 22.2 Å². The van der Waals surface area contributed by atoms with Gasteiger partial charge in [0.2, 0.25) is 9.54 Å². The molecule has 0 radical (unpaired) electrons.